The molecule has 1 aliphatic heterocycles. The van der Waals surface area contributed by atoms with Gasteiger partial charge in [0.2, 0.25) is 5.91 Å². The van der Waals surface area contributed by atoms with Crippen molar-refractivity contribution in [3.05, 3.63) is 64.2 Å². The molecular weight excluding hydrogens is 258 g/mol. The summed E-state index contributed by atoms with van der Waals surface area (Å²) in [6, 6.07) is 13.7. The van der Waals surface area contributed by atoms with E-state index in [0.29, 0.717) is 11.4 Å². The number of amides is 1. The lowest BCUT2D eigenvalue weighted by Crippen LogP contribution is -2.14. The summed E-state index contributed by atoms with van der Waals surface area (Å²) in [5.41, 5.74) is 4.26. The van der Waals surface area contributed by atoms with Gasteiger partial charge in [0.25, 0.3) is 0 Å². The topological polar surface area (TPSA) is 29.1 Å². The Morgan fingerprint density at radius 3 is 2.79 bits per heavy atom. The molecule has 0 bridgehead atoms. The van der Waals surface area contributed by atoms with Crippen molar-refractivity contribution < 1.29 is 4.79 Å². The van der Waals surface area contributed by atoms with Crippen LogP contribution in [0, 0.1) is 6.92 Å². The fourth-order valence-electron chi connectivity index (χ4n) is 2.61. The molecule has 0 radical (unpaired) electrons. The number of benzene rings is 2. The quantitative estimate of drug-likeness (QED) is 0.881. The van der Waals surface area contributed by atoms with E-state index in [1.165, 1.54) is 0 Å². The Bertz CT molecular complexity index is 651. The molecule has 3 rings (SSSR count). The van der Waals surface area contributed by atoms with Crippen LogP contribution in [0.3, 0.4) is 0 Å². The second kappa shape index (κ2) is 4.71. The average Bonchev–Trinajstić information content (AvgIpc) is 2.69. The maximum Gasteiger partial charge on any atom is 0.232 e. The molecule has 0 saturated carbocycles. The smallest absolute Gasteiger partial charge is 0.232 e. The van der Waals surface area contributed by atoms with E-state index in [0.717, 1.165) is 22.4 Å². The van der Waals surface area contributed by atoms with Gasteiger partial charge in [0, 0.05) is 10.7 Å². The van der Waals surface area contributed by atoms with Crippen molar-refractivity contribution in [2.24, 2.45) is 0 Å². The number of hydrogen-bond donors (Lipinski definition) is 1. The van der Waals surface area contributed by atoms with E-state index in [-0.39, 0.29) is 11.8 Å². The van der Waals surface area contributed by atoms with Crippen molar-refractivity contribution in [1.29, 1.82) is 0 Å². The van der Waals surface area contributed by atoms with Gasteiger partial charge in [-0.1, -0.05) is 41.9 Å². The van der Waals surface area contributed by atoms with Crippen molar-refractivity contribution >= 4 is 23.2 Å². The van der Waals surface area contributed by atoms with Gasteiger partial charge < -0.3 is 5.32 Å². The highest BCUT2D eigenvalue weighted by Crippen LogP contribution is 2.36. The van der Waals surface area contributed by atoms with Gasteiger partial charge in [0.05, 0.1) is 5.92 Å². The monoisotopic (exact) mass is 271 g/mol. The molecule has 2 aromatic carbocycles. The van der Waals surface area contributed by atoms with Crippen LogP contribution in [0.25, 0.3) is 0 Å². The number of halogens is 1. The van der Waals surface area contributed by atoms with E-state index >= 15 is 0 Å². The van der Waals surface area contributed by atoms with Crippen LogP contribution in [0.2, 0.25) is 5.02 Å². The molecule has 19 heavy (non-hydrogen) atoms. The van der Waals surface area contributed by atoms with Crippen LogP contribution in [-0.2, 0) is 11.2 Å². The van der Waals surface area contributed by atoms with Crippen molar-refractivity contribution in [3.8, 4) is 0 Å². The zero-order valence-corrected chi connectivity index (χ0v) is 11.4. The summed E-state index contributed by atoms with van der Waals surface area (Å²) in [6.45, 7) is 2.01. The largest absolute Gasteiger partial charge is 0.325 e. The normalized spacial score (nSPS) is 17.2. The second-order valence-corrected chi connectivity index (χ2v) is 5.35. The SMILES string of the molecule is Cc1cccc2c1NC(=O)[C@@H]2Cc1cccc(Cl)c1. The second-order valence-electron chi connectivity index (χ2n) is 4.92. The zero-order chi connectivity index (χ0) is 13.4. The molecule has 1 heterocycles. The fourth-order valence-corrected chi connectivity index (χ4v) is 2.82. The number of rotatable bonds is 2. The molecule has 2 aromatic rings. The number of carbonyl (C=O) groups excluding carboxylic acids is 1. The summed E-state index contributed by atoms with van der Waals surface area (Å²) in [7, 11) is 0. The number of carbonyl (C=O) groups is 1. The van der Waals surface area contributed by atoms with Gasteiger partial charge >= 0.3 is 0 Å². The summed E-state index contributed by atoms with van der Waals surface area (Å²) in [4.78, 5) is 12.1. The van der Waals surface area contributed by atoms with Crippen LogP contribution in [0.1, 0.15) is 22.6 Å². The van der Waals surface area contributed by atoms with Crippen LogP contribution >= 0.6 is 11.6 Å². The predicted molar refractivity (Wildman–Crippen MR) is 77.7 cm³/mol. The lowest BCUT2D eigenvalue weighted by atomic mass is 9.92. The number of nitrogens with one attached hydrogen (secondary N) is 1. The zero-order valence-electron chi connectivity index (χ0n) is 10.6. The molecule has 3 heteroatoms. The molecule has 1 amide bonds. The Labute approximate surface area is 117 Å². The summed E-state index contributed by atoms with van der Waals surface area (Å²) >= 11 is 5.99. The molecule has 1 aliphatic rings. The number of fused-ring (bicyclic) bond motifs is 1. The molecule has 0 unspecified atom stereocenters. The molecule has 0 aromatic heterocycles. The Morgan fingerprint density at radius 2 is 2.00 bits per heavy atom. The van der Waals surface area contributed by atoms with E-state index in [9.17, 15) is 4.79 Å². The summed E-state index contributed by atoms with van der Waals surface area (Å²) in [5, 5.41) is 3.69. The molecule has 0 saturated heterocycles. The lowest BCUT2D eigenvalue weighted by Gasteiger charge is -2.09. The first-order valence-electron chi connectivity index (χ1n) is 6.30. The third-order valence-corrected chi connectivity index (χ3v) is 3.81. The van der Waals surface area contributed by atoms with Crippen LogP contribution in [-0.4, -0.2) is 5.91 Å². The van der Waals surface area contributed by atoms with Crippen LogP contribution in [0.15, 0.2) is 42.5 Å². The van der Waals surface area contributed by atoms with Gasteiger partial charge in [-0.25, -0.2) is 0 Å². The summed E-state index contributed by atoms with van der Waals surface area (Å²) in [6.07, 6.45) is 0.683. The highest BCUT2D eigenvalue weighted by molar-refractivity contribution is 6.30. The molecule has 1 atom stereocenters. The number of anilines is 1. The van der Waals surface area contributed by atoms with E-state index in [1.807, 2.05) is 49.4 Å². The van der Waals surface area contributed by atoms with Crippen LogP contribution in [0.4, 0.5) is 5.69 Å². The average molecular weight is 272 g/mol. The maximum atomic E-state index is 12.1. The van der Waals surface area contributed by atoms with E-state index in [1.54, 1.807) is 0 Å². The Balaban J connectivity index is 1.95. The molecule has 2 nitrogen and oxygen atoms in total. The highest BCUT2D eigenvalue weighted by atomic mass is 35.5. The molecular formula is C16H14ClNO. The highest BCUT2D eigenvalue weighted by Gasteiger charge is 2.31. The third kappa shape index (κ3) is 2.24. The minimum Gasteiger partial charge on any atom is -0.325 e. The van der Waals surface area contributed by atoms with Crippen molar-refractivity contribution in [2.45, 2.75) is 19.3 Å². The van der Waals surface area contributed by atoms with Crippen molar-refractivity contribution in [3.63, 3.8) is 0 Å². The minimum atomic E-state index is -0.117. The Hall–Kier alpha value is -1.80. The molecule has 0 fully saturated rings. The molecule has 0 aliphatic carbocycles. The van der Waals surface area contributed by atoms with Crippen molar-refractivity contribution in [1.82, 2.24) is 0 Å². The van der Waals surface area contributed by atoms with Crippen molar-refractivity contribution in [2.75, 3.05) is 5.32 Å². The Morgan fingerprint density at radius 1 is 1.21 bits per heavy atom. The van der Waals surface area contributed by atoms with Gasteiger partial charge in [-0.05, 0) is 42.2 Å². The first kappa shape index (κ1) is 12.2. The van der Waals surface area contributed by atoms with Gasteiger partial charge in [0.1, 0.15) is 0 Å². The first-order valence-corrected chi connectivity index (χ1v) is 6.68. The van der Waals surface area contributed by atoms with Crippen LogP contribution in [0.5, 0.6) is 0 Å². The third-order valence-electron chi connectivity index (χ3n) is 3.57. The number of para-hydroxylation sites is 1. The lowest BCUT2D eigenvalue weighted by molar-refractivity contribution is -0.117. The standard InChI is InChI=1S/C16H14ClNO/c1-10-4-2-7-13-14(16(19)18-15(10)13)9-11-5-3-6-12(17)8-11/h2-8,14H,9H2,1H3,(H,18,19)/t14-/m1/s1. The predicted octanol–water partition coefficient (Wildman–Crippen LogP) is 3.93. The van der Waals surface area contributed by atoms with E-state index in [2.05, 4.69) is 5.32 Å². The first-order chi connectivity index (χ1) is 9.15. The molecule has 0 spiro atoms. The number of hydrogen-bond acceptors (Lipinski definition) is 1. The maximum absolute atomic E-state index is 12.1. The van der Waals surface area contributed by atoms with Gasteiger partial charge in [-0.15, -0.1) is 0 Å². The van der Waals surface area contributed by atoms with Crippen LogP contribution < -0.4 is 5.32 Å². The molecule has 96 valence electrons. The van der Waals surface area contributed by atoms with Gasteiger partial charge in [-0.2, -0.15) is 0 Å². The number of aryl methyl sites for hydroxylation is 1. The summed E-state index contributed by atoms with van der Waals surface area (Å²) in [5.74, 6) is -0.0438. The fraction of sp³-hybridized carbons (Fsp3) is 0.188. The molecule has 1 N–H and O–H groups in total. The van der Waals surface area contributed by atoms with E-state index < -0.39 is 0 Å². The van der Waals surface area contributed by atoms with Gasteiger partial charge in [0.15, 0.2) is 0 Å². The minimum absolute atomic E-state index is 0.0734. The van der Waals surface area contributed by atoms with E-state index in [4.69, 9.17) is 11.6 Å². The Kier molecular flexibility index (Phi) is 3.03. The summed E-state index contributed by atoms with van der Waals surface area (Å²) < 4.78 is 0. The van der Waals surface area contributed by atoms with Gasteiger partial charge in [-0.3, -0.25) is 4.79 Å².